The summed E-state index contributed by atoms with van der Waals surface area (Å²) in [6.07, 6.45) is 3.01. The molecule has 3 heterocycles. The minimum Gasteiger partial charge on any atom is -0.487 e. The van der Waals surface area contributed by atoms with Crippen molar-refractivity contribution in [1.82, 2.24) is 9.88 Å². The molecule has 1 fully saturated rings. The van der Waals surface area contributed by atoms with E-state index >= 15 is 0 Å². The van der Waals surface area contributed by atoms with E-state index in [1.54, 1.807) is 6.20 Å². The van der Waals surface area contributed by atoms with E-state index in [2.05, 4.69) is 4.98 Å². The highest BCUT2D eigenvalue weighted by molar-refractivity contribution is 7.12. The number of nitrogens with zero attached hydrogens (tertiary/aromatic N) is 2. The zero-order valence-corrected chi connectivity index (χ0v) is 17.9. The highest BCUT2D eigenvalue weighted by atomic mass is 32.1. The molecule has 1 aliphatic heterocycles. The fraction of sp³-hybridized carbons (Fsp3) is 0.292. The molecule has 0 atom stereocenters. The summed E-state index contributed by atoms with van der Waals surface area (Å²) in [5.74, 6) is 0.433. The van der Waals surface area contributed by atoms with E-state index in [0.29, 0.717) is 32.5 Å². The number of esters is 1. The SMILES string of the molecule is O=C(OCc1ccc(OCc2ccccn2)cc1)C1CCN(C(=O)c2cccs2)CC1. The van der Waals surface area contributed by atoms with Crippen molar-refractivity contribution in [2.24, 2.45) is 5.92 Å². The van der Waals surface area contributed by atoms with E-state index in [1.165, 1.54) is 11.3 Å². The molecule has 0 unspecified atom stereocenters. The summed E-state index contributed by atoms with van der Waals surface area (Å²) >= 11 is 1.45. The zero-order chi connectivity index (χ0) is 21.5. The molecule has 0 aliphatic carbocycles. The normalized spacial score (nSPS) is 14.3. The second-order valence-electron chi connectivity index (χ2n) is 7.41. The Morgan fingerprint density at radius 2 is 1.81 bits per heavy atom. The van der Waals surface area contributed by atoms with Gasteiger partial charge < -0.3 is 14.4 Å². The smallest absolute Gasteiger partial charge is 0.309 e. The lowest BCUT2D eigenvalue weighted by Crippen LogP contribution is -2.40. The molecule has 1 aliphatic rings. The first-order chi connectivity index (χ1) is 15.2. The molecule has 2 aromatic heterocycles. The summed E-state index contributed by atoms with van der Waals surface area (Å²) in [7, 11) is 0. The van der Waals surface area contributed by atoms with Gasteiger partial charge in [-0.2, -0.15) is 0 Å². The fourth-order valence-electron chi connectivity index (χ4n) is 3.47. The molecular weight excluding hydrogens is 412 g/mol. The summed E-state index contributed by atoms with van der Waals surface area (Å²) in [4.78, 5) is 31.6. The molecule has 0 bridgehead atoms. The third kappa shape index (κ3) is 5.70. The quantitative estimate of drug-likeness (QED) is 0.516. The summed E-state index contributed by atoms with van der Waals surface area (Å²) in [6.45, 7) is 1.80. The molecule has 1 amide bonds. The molecule has 31 heavy (non-hydrogen) atoms. The van der Waals surface area contributed by atoms with Crippen LogP contribution in [-0.2, 0) is 22.7 Å². The minimum atomic E-state index is -0.196. The number of likely N-dealkylation sites (tertiary alicyclic amines) is 1. The van der Waals surface area contributed by atoms with E-state index in [4.69, 9.17) is 9.47 Å². The fourth-order valence-corrected chi connectivity index (χ4v) is 4.16. The average molecular weight is 437 g/mol. The highest BCUT2D eigenvalue weighted by Gasteiger charge is 2.29. The van der Waals surface area contributed by atoms with Crippen LogP contribution in [0.3, 0.4) is 0 Å². The van der Waals surface area contributed by atoms with Gasteiger partial charge in [-0.15, -0.1) is 11.3 Å². The van der Waals surface area contributed by atoms with Gasteiger partial charge in [0.2, 0.25) is 0 Å². The monoisotopic (exact) mass is 436 g/mol. The van der Waals surface area contributed by atoms with Gasteiger partial charge in [0.15, 0.2) is 0 Å². The molecular formula is C24H24N2O4S. The van der Waals surface area contributed by atoms with Crippen molar-refractivity contribution in [1.29, 1.82) is 0 Å². The van der Waals surface area contributed by atoms with Crippen molar-refractivity contribution in [2.75, 3.05) is 13.1 Å². The number of pyridine rings is 1. The Kier molecular flexibility index (Phi) is 6.94. The second-order valence-corrected chi connectivity index (χ2v) is 8.35. The molecule has 4 rings (SSSR count). The van der Waals surface area contributed by atoms with Crippen LogP contribution in [0, 0.1) is 5.92 Å². The first-order valence-corrected chi connectivity index (χ1v) is 11.2. The first kappa shape index (κ1) is 21.1. The van der Waals surface area contributed by atoms with E-state index in [-0.39, 0.29) is 24.4 Å². The van der Waals surface area contributed by atoms with Gasteiger partial charge >= 0.3 is 5.97 Å². The van der Waals surface area contributed by atoms with Crippen LogP contribution in [-0.4, -0.2) is 34.8 Å². The number of amides is 1. The van der Waals surface area contributed by atoms with Crippen LogP contribution in [0.15, 0.2) is 66.2 Å². The Hall–Kier alpha value is -3.19. The van der Waals surface area contributed by atoms with Crippen molar-refractivity contribution >= 4 is 23.2 Å². The molecule has 6 nitrogen and oxygen atoms in total. The number of thiophene rings is 1. The summed E-state index contributed by atoms with van der Waals surface area (Å²) < 4.78 is 11.2. The van der Waals surface area contributed by atoms with E-state index in [1.807, 2.05) is 64.9 Å². The number of rotatable bonds is 7. The average Bonchev–Trinajstić information content (AvgIpc) is 3.37. The van der Waals surface area contributed by atoms with Gasteiger partial charge in [0.05, 0.1) is 16.5 Å². The Morgan fingerprint density at radius 1 is 1.00 bits per heavy atom. The topological polar surface area (TPSA) is 68.7 Å². The van der Waals surface area contributed by atoms with Crippen LogP contribution < -0.4 is 4.74 Å². The van der Waals surface area contributed by atoms with Crippen molar-refractivity contribution in [2.45, 2.75) is 26.1 Å². The molecule has 1 aromatic carbocycles. The molecule has 0 spiro atoms. The Morgan fingerprint density at radius 3 is 2.48 bits per heavy atom. The summed E-state index contributed by atoms with van der Waals surface area (Å²) in [6, 6.07) is 16.9. The maximum atomic E-state index is 12.4. The number of benzene rings is 1. The second kappa shape index (κ2) is 10.2. The summed E-state index contributed by atoms with van der Waals surface area (Å²) in [5.41, 5.74) is 1.77. The molecule has 3 aromatic rings. The van der Waals surface area contributed by atoms with Crippen LogP contribution >= 0.6 is 11.3 Å². The first-order valence-electron chi connectivity index (χ1n) is 10.3. The largest absolute Gasteiger partial charge is 0.487 e. The van der Waals surface area contributed by atoms with E-state index < -0.39 is 0 Å². The van der Waals surface area contributed by atoms with E-state index in [9.17, 15) is 9.59 Å². The zero-order valence-electron chi connectivity index (χ0n) is 17.1. The molecule has 160 valence electrons. The highest BCUT2D eigenvalue weighted by Crippen LogP contribution is 2.22. The number of hydrogen-bond acceptors (Lipinski definition) is 6. The third-order valence-electron chi connectivity index (χ3n) is 5.26. The number of ether oxygens (including phenoxy) is 2. The Balaban J connectivity index is 1.20. The van der Waals surface area contributed by atoms with Gasteiger partial charge in [-0.3, -0.25) is 14.6 Å². The lowest BCUT2D eigenvalue weighted by atomic mass is 9.97. The number of carbonyl (C=O) groups is 2. The van der Waals surface area contributed by atoms with Gasteiger partial charge in [-0.25, -0.2) is 0 Å². The van der Waals surface area contributed by atoms with Crippen molar-refractivity contribution in [3.8, 4) is 5.75 Å². The Bertz CT molecular complexity index is 982. The predicted molar refractivity (Wildman–Crippen MR) is 118 cm³/mol. The van der Waals surface area contributed by atoms with Crippen LogP contribution in [0.25, 0.3) is 0 Å². The van der Waals surface area contributed by atoms with Crippen molar-refractivity contribution < 1.29 is 19.1 Å². The molecule has 7 heteroatoms. The maximum Gasteiger partial charge on any atom is 0.309 e. The Labute approximate surface area is 185 Å². The molecule has 1 saturated heterocycles. The number of hydrogen-bond donors (Lipinski definition) is 0. The van der Waals surface area contributed by atoms with Crippen molar-refractivity contribution in [3.05, 3.63) is 82.3 Å². The lowest BCUT2D eigenvalue weighted by Gasteiger charge is -2.30. The van der Waals surface area contributed by atoms with Gasteiger partial charge in [-0.05, 0) is 54.1 Å². The molecule has 0 saturated carbocycles. The van der Waals surface area contributed by atoms with Crippen LogP contribution in [0.2, 0.25) is 0 Å². The molecule has 0 radical (unpaired) electrons. The van der Waals surface area contributed by atoms with Gasteiger partial charge in [0.25, 0.3) is 5.91 Å². The summed E-state index contributed by atoms with van der Waals surface area (Å²) in [5, 5.41) is 1.90. The van der Waals surface area contributed by atoms with Crippen molar-refractivity contribution in [3.63, 3.8) is 0 Å². The number of piperidine rings is 1. The van der Waals surface area contributed by atoms with Gasteiger partial charge in [0, 0.05) is 19.3 Å². The standard InChI is InChI=1S/C24H24N2O4S/c27-23(22-5-3-15-31-22)26-13-10-19(11-14-26)24(28)30-16-18-6-8-21(9-7-18)29-17-20-4-1-2-12-25-20/h1-9,12,15,19H,10-11,13-14,16-17H2. The van der Waals surface area contributed by atoms with E-state index in [0.717, 1.165) is 21.9 Å². The predicted octanol–water partition coefficient (Wildman–Crippen LogP) is 4.32. The number of carbonyl (C=O) groups excluding carboxylic acids is 2. The third-order valence-corrected chi connectivity index (χ3v) is 6.12. The van der Waals surface area contributed by atoms with Crippen LogP contribution in [0.5, 0.6) is 5.75 Å². The lowest BCUT2D eigenvalue weighted by molar-refractivity contribution is -0.151. The molecule has 0 N–H and O–H groups in total. The maximum absolute atomic E-state index is 12.4. The van der Waals surface area contributed by atoms with Crippen LogP contribution in [0.1, 0.15) is 33.8 Å². The minimum absolute atomic E-state index is 0.0483. The van der Waals surface area contributed by atoms with Gasteiger partial charge in [-0.1, -0.05) is 24.3 Å². The number of aromatic nitrogens is 1. The van der Waals surface area contributed by atoms with Crippen LogP contribution in [0.4, 0.5) is 0 Å². The van der Waals surface area contributed by atoms with Gasteiger partial charge in [0.1, 0.15) is 19.0 Å².